The van der Waals surface area contributed by atoms with Crippen LogP contribution >= 0.6 is 27.3 Å². The molecule has 1 heterocycles. The summed E-state index contributed by atoms with van der Waals surface area (Å²) in [5.41, 5.74) is 0. The van der Waals surface area contributed by atoms with E-state index in [0.29, 0.717) is 6.54 Å². The molecule has 1 aromatic rings. The molecule has 0 aliphatic carbocycles. The van der Waals surface area contributed by atoms with Gasteiger partial charge >= 0.3 is 0 Å². The third kappa shape index (κ3) is 5.96. The minimum absolute atomic E-state index is 0.00578. The summed E-state index contributed by atoms with van der Waals surface area (Å²) in [6, 6.07) is 1.90. The van der Waals surface area contributed by atoms with Crippen molar-refractivity contribution in [2.75, 3.05) is 12.4 Å². The van der Waals surface area contributed by atoms with Gasteiger partial charge in [0.15, 0.2) is 0 Å². The lowest BCUT2D eigenvalue weighted by molar-refractivity contribution is 0.0911. The van der Waals surface area contributed by atoms with E-state index in [4.69, 9.17) is 4.74 Å². The van der Waals surface area contributed by atoms with Gasteiger partial charge in [-0.15, -0.1) is 11.3 Å². The molecule has 0 fully saturated rings. The molecule has 0 bridgehead atoms. The molecule has 1 rings (SSSR count). The highest BCUT2D eigenvalue weighted by atomic mass is 79.9. The Bertz CT molecular complexity index is 442. The maximum Gasteiger partial charge on any atom is 0.214 e. The van der Waals surface area contributed by atoms with E-state index in [2.05, 4.69) is 20.7 Å². The summed E-state index contributed by atoms with van der Waals surface area (Å²) in [7, 11) is -3.26. The molecule has 4 nitrogen and oxygen atoms in total. The lowest BCUT2D eigenvalue weighted by Gasteiger charge is -2.08. The molecule has 17 heavy (non-hydrogen) atoms. The van der Waals surface area contributed by atoms with E-state index in [9.17, 15) is 8.42 Å². The van der Waals surface area contributed by atoms with Crippen LogP contribution in [-0.4, -0.2) is 26.9 Å². The van der Waals surface area contributed by atoms with Gasteiger partial charge < -0.3 is 4.74 Å². The van der Waals surface area contributed by atoms with Crippen LogP contribution in [0.15, 0.2) is 15.9 Å². The van der Waals surface area contributed by atoms with Crippen molar-refractivity contribution in [3.05, 3.63) is 20.8 Å². The number of rotatable bonds is 7. The number of sulfonamides is 1. The van der Waals surface area contributed by atoms with E-state index in [1.54, 1.807) is 0 Å². The van der Waals surface area contributed by atoms with Gasteiger partial charge in [0, 0.05) is 15.9 Å². The van der Waals surface area contributed by atoms with Crippen molar-refractivity contribution >= 4 is 37.3 Å². The summed E-state index contributed by atoms with van der Waals surface area (Å²) >= 11 is 4.87. The SMILES string of the molecule is CC(C)OCCS(=O)(=O)NCc1sccc1Br. The maximum atomic E-state index is 11.6. The molecule has 0 aromatic carbocycles. The molecule has 0 spiro atoms. The first kappa shape index (κ1) is 15.1. The number of nitrogens with one attached hydrogen (secondary N) is 1. The minimum atomic E-state index is -3.26. The zero-order chi connectivity index (χ0) is 12.9. The second-order valence-electron chi connectivity index (χ2n) is 3.75. The molecule has 1 N–H and O–H groups in total. The second kappa shape index (κ2) is 6.84. The summed E-state index contributed by atoms with van der Waals surface area (Å²) < 4.78 is 31.9. The van der Waals surface area contributed by atoms with E-state index >= 15 is 0 Å². The Morgan fingerprint density at radius 1 is 1.53 bits per heavy atom. The predicted octanol–water partition coefficient (Wildman–Crippen LogP) is 2.36. The average Bonchev–Trinajstić information content (AvgIpc) is 2.60. The molecule has 0 saturated heterocycles. The molecule has 0 atom stereocenters. The monoisotopic (exact) mass is 341 g/mol. The van der Waals surface area contributed by atoms with Crippen molar-refractivity contribution in [3.63, 3.8) is 0 Å². The fraction of sp³-hybridized carbons (Fsp3) is 0.600. The van der Waals surface area contributed by atoms with Crippen molar-refractivity contribution in [1.29, 1.82) is 0 Å². The Hall–Kier alpha value is 0.0500. The van der Waals surface area contributed by atoms with E-state index in [1.165, 1.54) is 11.3 Å². The Kier molecular flexibility index (Phi) is 6.08. The van der Waals surface area contributed by atoms with Crippen LogP contribution in [0.3, 0.4) is 0 Å². The largest absolute Gasteiger partial charge is 0.378 e. The molecular formula is C10H16BrNO3S2. The topological polar surface area (TPSA) is 55.4 Å². The lowest BCUT2D eigenvalue weighted by atomic mass is 10.5. The van der Waals surface area contributed by atoms with Gasteiger partial charge in [0.05, 0.1) is 18.5 Å². The zero-order valence-electron chi connectivity index (χ0n) is 9.77. The summed E-state index contributed by atoms with van der Waals surface area (Å²) in [6.45, 7) is 4.30. The summed E-state index contributed by atoms with van der Waals surface area (Å²) in [5.74, 6) is -0.00578. The fourth-order valence-corrected chi connectivity index (χ4v) is 3.44. The highest BCUT2D eigenvalue weighted by Gasteiger charge is 2.11. The van der Waals surface area contributed by atoms with E-state index in [-0.39, 0.29) is 18.5 Å². The fourth-order valence-electron chi connectivity index (χ4n) is 1.09. The highest BCUT2D eigenvalue weighted by molar-refractivity contribution is 9.10. The zero-order valence-corrected chi connectivity index (χ0v) is 13.0. The van der Waals surface area contributed by atoms with Crippen molar-refractivity contribution in [3.8, 4) is 0 Å². The Labute approximate surface area is 115 Å². The summed E-state index contributed by atoms with van der Waals surface area (Å²) in [5, 5.41) is 1.91. The van der Waals surface area contributed by atoms with Crippen LogP contribution in [0.25, 0.3) is 0 Å². The number of halogens is 1. The third-order valence-electron chi connectivity index (χ3n) is 1.95. The average molecular weight is 342 g/mol. The van der Waals surface area contributed by atoms with Crippen molar-refractivity contribution < 1.29 is 13.2 Å². The summed E-state index contributed by atoms with van der Waals surface area (Å²) in [6.07, 6.45) is 0.0524. The van der Waals surface area contributed by atoms with Crippen molar-refractivity contribution in [1.82, 2.24) is 4.72 Å². The van der Waals surface area contributed by atoms with Gasteiger partial charge in [0.1, 0.15) is 0 Å². The number of thiophene rings is 1. The first-order valence-corrected chi connectivity index (χ1v) is 8.54. The normalized spacial score (nSPS) is 12.2. The Morgan fingerprint density at radius 2 is 2.24 bits per heavy atom. The first-order valence-electron chi connectivity index (χ1n) is 5.21. The first-order chi connectivity index (χ1) is 7.91. The maximum absolute atomic E-state index is 11.6. The molecular weight excluding hydrogens is 326 g/mol. The molecule has 0 saturated carbocycles. The molecule has 0 amide bonds. The van der Waals surface area contributed by atoms with Crippen LogP contribution in [0, 0.1) is 0 Å². The van der Waals surface area contributed by atoms with E-state index < -0.39 is 10.0 Å². The van der Waals surface area contributed by atoms with Gasteiger partial charge in [-0.2, -0.15) is 0 Å². The van der Waals surface area contributed by atoms with Gasteiger partial charge in [-0.3, -0.25) is 0 Å². The Balaban J connectivity index is 2.37. The second-order valence-corrected chi connectivity index (χ2v) is 7.53. The van der Waals surface area contributed by atoms with Crippen LogP contribution < -0.4 is 4.72 Å². The molecule has 0 aliphatic heterocycles. The van der Waals surface area contributed by atoms with Gasteiger partial charge in [0.2, 0.25) is 10.0 Å². The molecule has 98 valence electrons. The van der Waals surface area contributed by atoms with Crippen molar-refractivity contribution in [2.45, 2.75) is 26.5 Å². The summed E-state index contributed by atoms with van der Waals surface area (Å²) in [4.78, 5) is 0.971. The van der Waals surface area contributed by atoms with Crippen molar-refractivity contribution in [2.24, 2.45) is 0 Å². The van der Waals surface area contributed by atoms with Gasteiger partial charge in [-0.05, 0) is 41.2 Å². The highest BCUT2D eigenvalue weighted by Crippen LogP contribution is 2.22. The molecule has 0 radical (unpaired) electrons. The lowest BCUT2D eigenvalue weighted by Crippen LogP contribution is -2.28. The molecule has 0 unspecified atom stereocenters. The number of hydrogen-bond acceptors (Lipinski definition) is 4. The van der Waals surface area contributed by atoms with Crippen LogP contribution in [0.1, 0.15) is 18.7 Å². The van der Waals surface area contributed by atoms with Gasteiger partial charge in [-0.25, -0.2) is 13.1 Å². The molecule has 7 heteroatoms. The molecule has 0 aliphatic rings. The van der Waals surface area contributed by atoms with Crippen LogP contribution in [0.5, 0.6) is 0 Å². The quantitative estimate of drug-likeness (QED) is 0.828. The van der Waals surface area contributed by atoms with Crippen LogP contribution in [0.2, 0.25) is 0 Å². The smallest absolute Gasteiger partial charge is 0.214 e. The number of hydrogen-bond donors (Lipinski definition) is 1. The third-order valence-corrected chi connectivity index (χ3v) is 5.16. The van der Waals surface area contributed by atoms with Gasteiger partial charge in [0.25, 0.3) is 0 Å². The molecule has 1 aromatic heterocycles. The minimum Gasteiger partial charge on any atom is -0.378 e. The van der Waals surface area contributed by atoms with E-state index in [1.807, 2.05) is 25.3 Å². The number of ether oxygens (including phenoxy) is 1. The van der Waals surface area contributed by atoms with Crippen LogP contribution in [0.4, 0.5) is 0 Å². The standard InChI is InChI=1S/C10H16BrNO3S2/c1-8(2)15-4-6-17(13,14)12-7-10-9(11)3-5-16-10/h3,5,8,12H,4,6-7H2,1-2H3. The van der Waals surface area contributed by atoms with Gasteiger partial charge in [-0.1, -0.05) is 0 Å². The van der Waals surface area contributed by atoms with Crippen LogP contribution in [-0.2, 0) is 21.3 Å². The predicted molar refractivity (Wildman–Crippen MR) is 73.7 cm³/mol. The van der Waals surface area contributed by atoms with E-state index in [0.717, 1.165) is 9.35 Å². The Morgan fingerprint density at radius 3 is 2.76 bits per heavy atom.